The Kier molecular flexibility index (Phi) is 5.80. The largest absolute Gasteiger partial charge is 1.00 e. The average molecular weight is 333 g/mol. The maximum atomic E-state index is 11.8. The fourth-order valence-electron chi connectivity index (χ4n) is 1.61. The van der Waals surface area contributed by atoms with E-state index in [9.17, 15) is 14.9 Å². The molecule has 2 aromatic carbocycles. The molecule has 4 nitrogen and oxygen atoms in total. The molecule has 20 heavy (non-hydrogen) atoms. The van der Waals surface area contributed by atoms with Crippen molar-refractivity contribution in [3.8, 4) is 0 Å². The average Bonchev–Trinajstić information content (AvgIpc) is 2.46. The van der Waals surface area contributed by atoms with Crippen LogP contribution in [0.2, 0.25) is 0 Å². The smallest absolute Gasteiger partial charge is 0.270 e. The molecule has 5 heteroatoms. The Morgan fingerprint density at radius 2 is 1.75 bits per heavy atom. The van der Waals surface area contributed by atoms with Gasteiger partial charge in [-0.25, -0.2) is 0 Å². The molecular weight excluding hydrogens is 322 g/mol. The summed E-state index contributed by atoms with van der Waals surface area (Å²) in [6, 6.07) is 15.0. The minimum atomic E-state index is -0.462. The molecule has 0 aliphatic rings. The first kappa shape index (κ1) is 15.8. The highest BCUT2D eigenvalue weighted by molar-refractivity contribution is 6.06. The summed E-state index contributed by atoms with van der Waals surface area (Å²) in [5.41, 5.74) is 1.22. The summed E-state index contributed by atoms with van der Waals surface area (Å²) in [6.45, 7) is 0. The number of halogens is 1. The minimum Gasteiger partial charge on any atom is -1.00 e. The molecule has 0 spiro atoms. The zero-order valence-corrected chi connectivity index (χ0v) is 12.0. The van der Waals surface area contributed by atoms with E-state index in [0.29, 0.717) is 11.1 Å². The first-order valence-corrected chi connectivity index (χ1v) is 5.69. The van der Waals surface area contributed by atoms with Gasteiger partial charge in [0, 0.05) is 17.7 Å². The second-order valence-electron chi connectivity index (χ2n) is 3.92. The third-order valence-corrected chi connectivity index (χ3v) is 2.57. The minimum absolute atomic E-state index is 0. The highest BCUT2D eigenvalue weighted by atomic mass is 79.9. The van der Waals surface area contributed by atoms with Crippen molar-refractivity contribution in [3.05, 3.63) is 81.9 Å². The van der Waals surface area contributed by atoms with Crippen molar-refractivity contribution in [2.75, 3.05) is 0 Å². The fourth-order valence-corrected chi connectivity index (χ4v) is 1.61. The molecule has 0 aromatic heterocycles. The predicted molar refractivity (Wildman–Crippen MR) is 72.9 cm³/mol. The van der Waals surface area contributed by atoms with Crippen LogP contribution in [-0.2, 0) is 0 Å². The van der Waals surface area contributed by atoms with Crippen molar-refractivity contribution < 1.29 is 26.7 Å². The van der Waals surface area contributed by atoms with Crippen LogP contribution in [0.3, 0.4) is 0 Å². The summed E-state index contributed by atoms with van der Waals surface area (Å²) in [6.07, 6.45) is 2.98. The van der Waals surface area contributed by atoms with Gasteiger partial charge in [-0.15, -0.1) is 0 Å². The van der Waals surface area contributed by atoms with Gasteiger partial charge in [0.2, 0.25) is 0 Å². The Balaban J connectivity index is 0.00000200. The van der Waals surface area contributed by atoms with Crippen LogP contribution in [0.1, 0.15) is 15.9 Å². The lowest BCUT2D eigenvalue weighted by Gasteiger charge is -1.95. The van der Waals surface area contributed by atoms with E-state index in [2.05, 4.69) is 0 Å². The molecule has 102 valence electrons. The van der Waals surface area contributed by atoms with E-state index < -0.39 is 4.92 Å². The maximum absolute atomic E-state index is 11.8. The SMILES string of the molecule is O=C(/C=C\c1cccc([N+](=O)[O-])c1)c1ccccc1.[Br-]. The number of hydrogen-bond donors (Lipinski definition) is 0. The molecule has 0 heterocycles. The van der Waals surface area contributed by atoms with Gasteiger partial charge in [0.1, 0.15) is 0 Å². The molecule has 0 aliphatic carbocycles. The molecular formula is C15H11BrNO3-. The van der Waals surface area contributed by atoms with Gasteiger partial charge < -0.3 is 17.0 Å². The number of non-ortho nitro benzene ring substituents is 1. The number of nitro benzene ring substituents is 1. The van der Waals surface area contributed by atoms with E-state index in [-0.39, 0.29) is 28.5 Å². The van der Waals surface area contributed by atoms with E-state index in [1.54, 1.807) is 42.5 Å². The predicted octanol–water partition coefficient (Wildman–Crippen LogP) is 0.495. The van der Waals surface area contributed by atoms with Gasteiger partial charge in [-0.05, 0) is 11.6 Å². The van der Waals surface area contributed by atoms with Crippen LogP contribution in [0.15, 0.2) is 60.7 Å². The van der Waals surface area contributed by atoms with Crippen LogP contribution < -0.4 is 17.0 Å². The summed E-state index contributed by atoms with van der Waals surface area (Å²) in [5, 5.41) is 10.6. The number of rotatable bonds is 4. The summed E-state index contributed by atoms with van der Waals surface area (Å²) >= 11 is 0. The Hall–Kier alpha value is -2.27. The van der Waals surface area contributed by atoms with Crippen LogP contribution in [0.25, 0.3) is 6.08 Å². The fraction of sp³-hybridized carbons (Fsp3) is 0. The molecule has 0 atom stereocenters. The first-order valence-electron chi connectivity index (χ1n) is 5.69. The van der Waals surface area contributed by atoms with Gasteiger partial charge in [0.05, 0.1) is 4.92 Å². The summed E-state index contributed by atoms with van der Waals surface area (Å²) in [4.78, 5) is 22.0. The molecule has 2 rings (SSSR count). The molecule has 0 bridgehead atoms. The monoisotopic (exact) mass is 332 g/mol. The van der Waals surface area contributed by atoms with Gasteiger partial charge in [0.25, 0.3) is 5.69 Å². The molecule has 0 fully saturated rings. The molecule has 0 saturated carbocycles. The zero-order valence-electron chi connectivity index (χ0n) is 10.4. The second kappa shape index (κ2) is 7.35. The Bertz CT molecular complexity index is 639. The quantitative estimate of drug-likeness (QED) is 0.354. The number of nitrogens with zero attached hydrogens (tertiary/aromatic N) is 1. The van der Waals surface area contributed by atoms with E-state index in [4.69, 9.17) is 0 Å². The molecule has 0 saturated heterocycles. The van der Waals surface area contributed by atoms with Gasteiger partial charge >= 0.3 is 0 Å². The van der Waals surface area contributed by atoms with Gasteiger partial charge in [-0.2, -0.15) is 0 Å². The Morgan fingerprint density at radius 3 is 2.40 bits per heavy atom. The molecule has 2 aromatic rings. The third kappa shape index (κ3) is 4.13. The number of ketones is 1. The number of allylic oxidation sites excluding steroid dienone is 1. The Labute approximate surface area is 126 Å². The van der Waals surface area contributed by atoms with Gasteiger partial charge in [0.15, 0.2) is 5.78 Å². The topological polar surface area (TPSA) is 60.2 Å². The first-order chi connectivity index (χ1) is 9.16. The van der Waals surface area contributed by atoms with Crippen molar-refractivity contribution in [1.82, 2.24) is 0 Å². The van der Waals surface area contributed by atoms with E-state index in [0.717, 1.165) is 0 Å². The summed E-state index contributed by atoms with van der Waals surface area (Å²) in [7, 11) is 0. The standard InChI is InChI=1S/C15H11NO3.BrH/c17-15(13-6-2-1-3-7-13)10-9-12-5-4-8-14(11-12)16(18)19;/h1-11H;1H/p-1/b10-9-;. The van der Waals surface area contributed by atoms with Crippen LogP contribution >= 0.6 is 0 Å². The molecule has 0 radical (unpaired) electrons. The summed E-state index contributed by atoms with van der Waals surface area (Å²) in [5.74, 6) is -0.132. The van der Waals surface area contributed by atoms with E-state index in [1.165, 1.54) is 18.2 Å². The van der Waals surface area contributed by atoms with E-state index in [1.807, 2.05) is 6.07 Å². The molecule has 0 N–H and O–H groups in total. The lowest BCUT2D eigenvalue weighted by molar-refractivity contribution is -0.384. The van der Waals surface area contributed by atoms with Crippen LogP contribution in [0.4, 0.5) is 5.69 Å². The molecule has 0 unspecified atom stereocenters. The molecule has 0 aliphatic heterocycles. The number of carbonyl (C=O) groups is 1. The van der Waals surface area contributed by atoms with Gasteiger partial charge in [-0.1, -0.05) is 48.5 Å². The van der Waals surface area contributed by atoms with Crippen molar-refractivity contribution in [2.24, 2.45) is 0 Å². The van der Waals surface area contributed by atoms with Gasteiger partial charge in [-0.3, -0.25) is 14.9 Å². The number of benzene rings is 2. The number of carbonyl (C=O) groups excluding carboxylic acids is 1. The number of hydrogen-bond acceptors (Lipinski definition) is 3. The molecule has 0 amide bonds. The van der Waals surface area contributed by atoms with E-state index >= 15 is 0 Å². The third-order valence-electron chi connectivity index (χ3n) is 2.57. The van der Waals surface area contributed by atoms with Crippen LogP contribution in [0, 0.1) is 10.1 Å². The van der Waals surface area contributed by atoms with Crippen molar-refractivity contribution in [1.29, 1.82) is 0 Å². The maximum Gasteiger partial charge on any atom is 0.270 e. The van der Waals surface area contributed by atoms with Crippen LogP contribution in [-0.4, -0.2) is 10.7 Å². The number of nitro groups is 1. The second-order valence-corrected chi connectivity index (χ2v) is 3.92. The normalized spacial score (nSPS) is 10.0. The highest BCUT2D eigenvalue weighted by Crippen LogP contribution is 2.14. The van der Waals surface area contributed by atoms with Crippen molar-refractivity contribution in [3.63, 3.8) is 0 Å². The Morgan fingerprint density at radius 1 is 1.05 bits per heavy atom. The van der Waals surface area contributed by atoms with Crippen LogP contribution in [0.5, 0.6) is 0 Å². The zero-order chi connectivity index (χ0) is 13.7. The lowest BCUT2D eigenvalue weighted by atomic mass is 10.1. The lowest BCUT2D eigenvalue weighted by Crippen LogP contribution is -3.00. The summed E-state index contributed by atoms with van der Waals surface area (Å²) < 4.78 is 0. The highest BCUT2D eigenvalue weighted by Gasteiger charge is 2.04. The van der Waals surface area contributed by atoms with Crippen molar-refractivity contribution >= 4 is 17.5 Å². The van der Waals surface area contributed by atoms with Crippen molar-refractivity contribution in [2.45, 2.75) is 0 Å².